The van der Waals surface area contributed by atoms with Crippen molar-refractivity contribution in [3.05, 3.63) is 10.8 Å². The van der Waals surface area contributed by atoms with Gasteiger partial charge < -0.3 is 10.4 Å². The van der Waals surface area contributed by atoms with Crippen molar-refractivity contribution >= 4 is 53.0 Å². The number of nitrogens with one attached hydrogen (secondary N) is 2. The maximum atomic E-state index is 11.3. The van der Waals surface area contributed by atoms with Crippen molar-refractivity contribution in [3.63, 3.8) is 0 Å². The SMILES string of the molecule is CCSCC(=O)NCCS/C=C/SCCNC(O)CSCC. The number of amides is 1. The van der Waals surface area contributed by atoms with Crippen LogP contribution in [0.25, 0.3) is 0 Å². The van der Waals surface area contributed by atoms with Crippen LogP contribution in [0.5, 0.6) is 0 Å². The summed E-state index contributed by atoms with van der Waals surface area (Å²) in [5, 5.41) is 19.7. The summed E-state index contributed by atoms with van der Waals surface area (Å²) < 4.78 is 0. The number of aliphatic hydroxyl groups excluding tert-OH is 1. The van der Waals surface area contributed by atoms with Gasteiger partial charge in [0.2, 0.25) is 5.91 Å². The Labute approximate surface area is 151 Å². The molecule has 0 aliphatic carbocycles. The average Bonchev–Trinajstić information content (AvgIpc) is 2.52. The van der Waals surface area contributed by atoms with Crippen LogP contribution < -0.4 is 10.6 Å². The van der Waals surface area contributed by atoms with Crippen molar-refractivity contribution < 1.29 is 9.90 Å². The first-order chi connectivity index (χ1) is 10.7. The van der Waals surface area contributed by atoms with E-state index in [9.17, 15) is 9.90 Å². The summed E-state index contributed by atoms with van der Waals surface area (Å²) in [7, 11) is 0. The summed E-state index contributed by atoms with van der Waals surface area (Å²) in [6.07, 6.45) is -0.404. The van der Waals surface area contributed by atoms with E-state index in [4.69, 9.17) is 0 Å². The number of aliphatic hydroxyl groups is 1. The molecule has 22 heavy (non-hydrogen) atoms. The minimum atomic E-state index is -0.404. The number of thioether (sulfide) groups is 4. The van der Waals surface area contributed by atoms with E-state index < -0.39 is 6.23 Å². The first-order valence-electron chi connectivity index (χ1n) is 7.42. The van der Waals surface area contributed by atoms with Crippen molar-refractivity contribution in [2.45, 2.75) is 20.1 Å². The van der Waals surface area contributed by atoms with Crippen molar-refractivity contribution in [2.24, 2.45) is 0 Å². The predicted molar refractivity (Wildman–Crippen MR) is 107 cm³/mol. The molecule has 0 aromatic carbocycles. The van der Waals surface area contributed by atoms with Gasteiger partial charge in [0.1, 0.15) is 6.23 Å². The van der Waals surface area contributed by atoms with Gasteiger partial charge in [0.05, 0.1) is 5.75 Å². The molecule has 130 valence electrons. The molecular weight excluding hydrogens is 356 g/mol. The minimum absolute atomic E-state index is 0.122. The second-order valence-corrected chi connectivity index (χ2v) is 8.75. The summed E-state index contributed by atoms with van der Waals surface area (Å²) >= 11 is 6.80. The third kappa shape index (κ3) is 16.9. The van der Waals surface area contributed by atoms with Gasteiger partial charge in [0.15, 0.2) is 0 Å². The highest BCUT2D eigenvalue weighted by atomic mass is 32.2. The van der Waals surface area contributed by atoms with Crippen LogP contribution >= 0.6 is 47.0 Å². The minimum Gasteiger partial charge on any atom is -0.378 e. The fourth-order valence-electron chi connectivity index (χ4n) is 1.28. The van der Waals surface area contributed by atoms with Crippen LogP contribution in [0.1, 0.15) is 13.8 Å². The lowest BCUT2D eigenvalue weighted by molar-refractivity contribution is -0.118. The molecule has 1 unspecified atom stereocenters. The molecule has 0 fully saturated rings. The Bertz CT molecular complexity index is 294. The van der Waals surface area contributed by atoms with E-state index in [1.54, 1.807) is 47.0 Å². The van der Waals surface area contributed by atoms with Gasteiger partial charge in [-0.25, -0.2) is 0 Å². The zero-order valence-corrected chi connectivity index (χ0v) is 16.6. The third-order valence-electron chi connectivity index (χ3n) is 2.31. The molecule has 0 aromatic heterocycles. The standard InChI is InChI=1S/C14H28N2O2S4/c1-3-19-11-13(17)15-5-7-21-9-10-22-8-6-16-14(18)12-20-4-2/h9-10,13,15,17H,3-8,11-12H2,1-2H3,(H,16,18)/b10-9+. The molecule has 1 amide bonds. The monoisotopic (exact) mass is 384 g/mol. The predicted octanol–water partition coefficient (Wildman–Crippen LogP) is 2.45. The van der Waals surface area contributed by atoms with Crippen LogP contribution in [0.2, 0.25) is 0 Å². The van der Waals surface area contributed by atoms with Gasteiger partial charge in [-0.05, 0) is 22.3 Å². The molecule has 0 saturated heterocycles. The zero-order valence-electron chi connectivity index (χ0n) is 13.4. The Hall–Kier alpha value is 0.530. The highest BCUT2D eigenvalue weighted by Gasteiger charge is 2.00. The van der Waals surface area contributed by atoms with E-state index >= 15 is 0 Å². The molecule has 0 heterocycles. The van der Waals surface area contributed by atoms with Crippen LogP contribution in [-0.2, 0) is 4.79 Å². The van der Waals surface area contributed by atoms with Crippen LogP contribution in [0.3, 0.4) is 0 Å². The summed E-state index contributed by atoms with van der Waals surface area (Å²) in [5.74, 6) is 5.27. The summed E-state index contributed by atoms with van der Waals surface area (Å²) in [6.45, 7) is 5.66. The molecule has 0 saturated carbocycles. The van der Waals surface area contributed by atoms with E-state index in [0.717, 1.165) is 35.3 Å². The molecule has 0 radical (unpaired) electrons. The van der Waals surface area contributed by atoms with Gasteiger partial charge in [-0.1, -0.05) is 13.8 Å². The topological polar surface area (TPSA) is 61.4 Å². The molecule has 0 aliphatic rings. The maximum absolute atomic E-state index is 11.3. The zero-order chi connectivity index (χ0) is 16.5. The molecule has 0 aromatic rings. The Morgan fingerprint density at radius 3 is 2.36 bits per heavy atom. The first-order valence-corrected chi connectivity index (χ1v) is 11.8. The highest BCUT2D eigenvalue weighted by molar-refractivity contribution is 8.05. The molecule has 4 nitrogen and oxygen atoms in total. The van der Waals surface area contributed by atoms with Crippen LogP contribution in [0, 0.1) is 0 Å². The number of hydrogen-bond donors (Lipinski definition) is 3. The summed E-state index contributed by atoms with van der Waals surface area (Å²) in [4.78, 5) is 11.3. The van der Waals surface area contributed by atoms with E-state index in [1.807, 2.05) is 0 Å². The van der Waals surface area contributed by atoms with Crippen LogP contribution in [-0.4, -0.2) is 64.8 Å². The van der Waals surface area contributed by atoms with Crippen LogP contribution in [0.4, 0.5) is 0 Å². The van der Waals surface area contributed by atoms with Gasteiger partial charge >= 0.3 is 0 Å². The highest BCUT2D eigenvalue weighted by Crippen LogP contribution is 2.08. The van der Waals surface area contributed by atoms with E-state index in [1.165, 1.54) is 0 Å². The Morgan fingerprint density at radius 1 is 1.09 bits per heavy atom. The van der Waals surface area contributed by atoms with Crippen molar-refractivity contribution in [1.29, 1.82) is 0 Å². The van der Waals surface area contributed by atoms with Gasteiger partial charge in [-0.15, -0.1) is 23.5 Å². The lowest BCUT2D eigenvalue weighted by atomic mass is 10.6. The van der Waals surface area contributed by atoms with Crippen molar-refractivity contribution in [1.82, 2.24) is 10.6 Å². The van der Waals surface area contributed by atoms with Gasteiger partial charge in [0.25, 0.3) is 0 Å². The van der Waals surface area contributed by atoms with E-state index in [-0.39, 0.29) is 5.91 Å². The molecule has 0 aliphatic heterocycles. The number of rotatable bonds is 15. The fourth-order valence-corrected chi connectivity index (χ4v) is 3.71. The van der Waals surface area contributed by atoms with E-state index in [2.05, 4.69) is 35.3 Å². The summed E-state index contributed by atoms with van der Waals surface area (Å²) in [5.41, 5.74) is 0. The van der Waals surface area contributed by atoms with Gasteiger partial charge in [-0.3, -0.25) is 10.1 Å². The van der Waals surface area contributed by atoms with Crippen molar-refractivity contribution in [2.75, 3.05) is 47.6 Å². The molecule has 8 heteroatoms. The quantitative estimate of drug-likeness (QED) is 0.296. The lowest BCUT2D eigenvalue weighted by Gasteiger charge is -2.10. The Balaban J connectivity index is 3.29. The molecule has 1 atom stereocenters. The molecule has 3 N–H and O–H groups in total. The van der Waals surface area contributed by atoms with Crippen LogP contribution in [0.15, 0.2) is 10.8 Å². The second-order valence-electron chi connectivity index (χ2n) is 4.13. The molecular formula is C14H28N2O2S4. The normalized spacial score (nSPS) is 12.7. The second kappa shape index (κ2) is 17.9. The van der Waals surface area contributed by atoms with Gasteiger partial charge in [-0.2, -0.15) is 23.5 Å². The molecule has 0 rings (SSSR count). The molecule has 0 spiro atoms. The lowest BCUT2D eigenvalue weighted by Crippen LogP contribution is -2.32. The Kier molecular flexibility index (Phi) is 18.3. The molecule has 0 bridgehead atoms. The van der Waals surface area contributed by atoms with Gasteiger partial charge in [0, 0.05) is 30.3 Å². The number of hydrogen-bond acceptors (Lipinski definition) is 7. The Morgan fingerprint density at radius 2 is 1.73 bits per heavy atom. The maximum Gasteiger partial charge on any atom is 0.230 e. The van der Waals surface area contributed by atoms with E-state index in [0.29, 0.717) is 12.3 Å². The first kappa shape index (κ1) is 22.5. The number of carbonyl (C=O) groups excluding carboxylic acids is 1. The largest absolute Gasteiger partial charge is 0.378 e. The third-order valence-corrected chi connectivity index (χ3v) is 5.85. The smallest absolute Gasteiger partial charge is 0.230 e. The summed E-state index contributed by atoms with van der Waals surface area (Å²) in [6, 6.07) is 0. The van der Waals surface area contributed by atoms with Crippen molar-refractivity contribution in [3.8, 4) is 0 Å². The number of carbonyl (C=O) groups is 1. The fraction of sp³-hybridized carbons (Fsp3) is 0.786. The average molecular weight is 385 g/mol.